The molecule has 0 unspecified atom stereocenters. The standard InChI is InChI=1S/C14H18N4/c1-9-11-3-2-6-15-13(11)17-14-12(9)16-8-18(14)7-10-4-5-10/h8,10H,2-7H2,1H3,(H,15,17). The second kappa shape index (κ2) is 3.70. The van der Waals surface area contributed by atoms with E-state index in [1.54, 1.807) is 0 Å². The molecule has 3 heterocycles. The molecule has 1 N–H and O–H groups in total. The number of nitrogens with zero attached hydrogens (tertiary/aromatic N) is 3. The molecule has 94 valence electrons. The molecule has 1 fully saturated rings. The molecule has 1 aliphatic heterocycles. The lowest BCUT2D eigenvalue weighted by molar-refractivity contribution is 0.638. The summed E-state index contributed by atoms with van der Waals surface area (Å²) in [6, 6.07) is 0. The monoisotopic (exact) mass is 242 g/mol. The molecule has 0 saturated heterocycles. The quantitative estimate of drug-likeness (QED) is 0.880. The molecule has 0 radical (unpaired) electrons. The summed E-state index contributed by atoms with van der Waals surface area (Å²) in [5, 5.41) is 3.43. The number of rotatable bonds is 2. The van der Waals surface area contributed by atoms with Crippen LogP contribution in [-0.2, 0) is 13.0 Å². The van der Waals surface area contributed by atoms with E-state index in [1.165, 1.54) is 30.4 Å². The Labute approximate surface area is 106 Å². The molecule has 2 aromatic heterocycles. The zero-order valence-electron chi connectivity index (χ0n) is 10.7. The number of imidazole rings is 1. The minimum atomic E-state index is 0.855. The number of aryl methyl sites for hydroxylation is 1. The van der Waals surface area contributed by atoms with Crippen molar-refractivity contribution in [3.8, 4) is 0 Å². The van der Waals surface area contributed by atoms with Crippen LogP contribution in [0.1, 0.15) is 30.4 Å². The molecule has 0 bridgehead atoms. The first-order valence-electron chi connectivity index (χ1n) is 6.91. The molecule has 2 aliphatic rings. The third kappa shape index (κ3) is 1.51. The molecular weight excluding hydrogens is 224 g/mol. The van der Waals surface area contributed by atoms with Crippen molar-refractivity contribution in [3.05, 3.63) is 17.5 Å². The second-order valence-corrected chi connectivity index (χ2v) is 5.61. The minimum Gasteiger partial charge on any atom is -0.370 e. The van der Waals surface area contributed by atoms with Gasteiger partial charge in [0.2, 0.25) is 0 Å². The lowest BCUT2D eigenvalue weighted by atomic mass is 10.0. The molecular formula is C14H18N4. The van der Waals surface area contributed by atoms with Crippen LogP contribution in [0.4, 0.5) is 5.82 Å². The minimum absolute atomic E-state index is 0.855. The summed E-state index contributed by atoms with van der Waals surface area (Å²) in [5.41, 5.74) is 4.84. The first-order chi connectivity index (χ1) is 8.83. The van der Waals surface area contributed by atoms with Crippen LogP contribution < -0.4 is 5.32 Å². The molecule has 1 aliphatic carbocycles. The Hall–Kier alpha value is -1.58. The van der Waals surface area contributed by atoms with E-state index in [9.17, 15) is 0 Å². The SMILES string of the molecule is Cc1c2c(nc3c1ncn3CC1CC1)NCCC2. The number of hydrogen-bond donors (Lipinski definition) is 1. The van der Waals surface area contributed by atoms with Gasteiger partial charge < -0.3 is 9.88 Å². The molecule has 0 spiro atoms. The highest BCUT2D eigenvalue weighted by molar-refractivity contribution is 5.80. The summed E-state index contributed by atoms with van der Waals surface area (Å²) >= 11 is 0. The van der Waals surface area contributed by atoms with E-state index >= 15 is 0 Å². The number of anilines is 1. The summed E-state index contributed by atoms with van der Waals surface area (Å²) in [7, 11) is 0. The van der Waals surface area contributed by atoms with Gasteiger partial charge >= 0.3 is 0 Å². The van der Waals surface area contributed by atoms with Crippen molar-refractivity contribution < 1.29 is 0 Å². The Morgan fingerprint density at radius 1 is 1.44 bits per heavy atom. The summed E-state index contributed by atoms with van der Waals surface area (Å²) in [5.74, 6) is 1.94. The predicted molar refractivity (Wildman–Crippen MR) is 71.8 cm³/mol. The largest absolute Gasteiger partial charge is 0.370 e. The zero-order valence-corrected chi connectivity index (χ0v) is 10.7. The van der Waals surface area contributed by atoms with Crippen LogP contribution >= 0.6 is 0 Å². The van der Waals surface area contributed by atoms with Crippen LogP contribution in [0, 0.1) is 12.8 Å². The first-order valence-corrected chi connectivity index (χ1v) is 6.91. The van der Waals surface area contributed by atoms with E-state index in [4.69, 9.17) is 4.98 Å². The maximum atomic E-state index is 4.81. The lowest BCUT2D eigenvalue weighted by Gasteiger charge is -2.19. The maximum Gasteiger partial charge on any atom is 0.162 e. The number of fused-ring (bicyclic) bond motifs is 2. The van der Waals surface area contributed by atoms with Crippen LogP contribution in [0.2, 0.25) is 0 Å². The highest BCUT2D eigenvalue weighted by Gasteiger charge is 2.24. The topological polar surface area (TPSA) is 42.7 Å². The highest BCUT2D eigenvalue weighted by Crippen LogP contribution is 2.33. The molecule has 4 nitrogen and oxygen atoms in total. The van der Waals surface area contributed by atoms with Crippen molar-refractivity contribution in [1.29, 1.82) is 0 Å². The molecule has 18 heavy (non-hydrogen) atoms. The second-order valence-electron chi connectivity index (χ2n) is 5.61. The average Bonchev–Trinajstić information content (AvgIpc) is 3.12. The fraction of sp³-hybridized carbons (Fsp3) is 0.571. The normalized spacial score (nSPS) is 18.7. The van der Waals surface area contributed by atoms with Gasteiger partial charge in [-0.25, -0.2) is 9.97 Å². The molecule has 1 saturated carbocycles. The lowest BCUT2D eigenvalue weighted by Crippen LogP contribution is -2.15. The number of aromatic nitrogens is 3. The molecule has 2 aromatic rings. The van der Waals surface area contributed by atoms with Crippen molar-refractivity contribution in [1.82, 2.24) is 14.5 Å². The number of pyridine rings is 1. The Bertz CT molecular complexity index is 610. The van der Waals surface area contributed by atoms with Crippen molar-refractivity contribution >= 4 is 17.0 Å². The number of nitrogens with one attached hydrogen (secondary N) is 1. The van der Waals surface area contributed by atoms with Crippen molar-refractivity contribution in [2.75, 3.05) is 11.9 Å². The number of hydrogen-bond acceptors (Lipinski definition) is 3. The summed E-state index contributed by atoms with van der Waals surface area (Å²) in [6.07, 6.45) is 7.02. The third-order valence-electron chi connectivity index (χ3n) is 4.17. The van der Waals surface area contributed by atoms with Gasteiger partial charge in [0.1, 0.15) is 11.3 Å². The fourth-order valence-electron chi connectivity index (χ4n) is 2.89. The Balaban J connectivity index is 1.88. The predicted octanol–water partition coefficient (Wildman–Crippen LogP) is 2.51. The van der Waals surface area contributed by atoms with Crippen molar-refractivity contribution in [3.63, 3.8) is 0 Å². The molecule has 4 heteroatoms. The Kier molecular flexibility index (Phi) is 2.13. The van der Waals surface area contributed by atoms with Crippen molar-refractivity contribution in [2.24, 2.45) is 5.92 Å². The van der Waals surface area contributed by atoms with E-state index < -0.39 is 0 Å². The Morgan fingerprint density at radius 3 is 3.17 bits per heavy atom. The first kappa shape index (κ1) is 10.4. The van der Waals surface area contributed by atoms with Crippen molar-refractivity contribution in [2.45, 2.75) is 39.2 Å². The van der Waals surface area contributed by atoms with Crippen LogP contribution in [0.3, 0.4) is 0 Å². The highest BCUT2D eigenvalue weighted by atomic mass is 15.1. The van der Waals surface area contributed by atoms with Crippen LogP contribution in [-0.4, -0.2) is 21.1 Å². The molecule has 0 atom stereocenters. The van der Waals surface area contributed by atoms with E-state index in [2.05, 4.69) is 21.8 Å². The van der Waals surface area contributed by atoms with E-state index in [0.717, 1.165) is 42.4 Å². The summed E-state index contributed by atoms with van der Waals surface area (Å²) in [4.78, 5) is 9.39. The van der Waals surface area contributed by atoms with E-state index in [1.807, 2.05) is 6.33 Å². The third-order valence-corrected chi connectivity index (χ3v) is 4.17. The Morgan fingerprint density at radius 2 is 2.33 bits per heavy atom. The average molecular weight is 242 g/mol. The van der Waals surface area contributed by atoms with Gasteiger partial charge in [0, 0.05) is 13.1 Å². The van der Waals surface area contributed by atoms with Crippen LogP contribution in [0.25, 0.3) is 11.2 Å². The molecule has 0 aromatic carbocycles. The van der Waals surface area contributed by atoms with Gasteiger partial charge in [0.05, 0.1) is 6.33 Å². The van der Waals surface area contributed by atoms with Gasteiger partial charge in [-0.05, 0) is 49.7 Å². The van der Waals surface area contributed by atoms with Gasteiger partial charge in [0.15, 0.2) is 5.65 Å². The van der Waals surface area contributed by atoms with Gasteiger partial charge in [-0.15, -0.1) is 0 Å². The van der Waals surface area contributed by atoms with Gasteiger partial charge in [-0.3, -0.25) is 0 Å². The maximum absolute atomic E-state index is 4.81. The van der Waals surface area contributed by atoms with E-state index in [-0.39, 0.29) is 0 Å². The van der Waals surface area contributed by atoms with Gasteiger partial charge in [-0.2, -0.15) is 0 Å². The van der Waals surface area contributed by atoms with Gasteiger partial charge in [0.25, 0.3) is 0 Å². The molecule has 0 amide bonds. The van der Waals surface area contributed by atoms with Gasteiger partial charge in [-0.1, -0.05) is 0 Å². The summed E-state index contributed by atoms with van der Waals surface area (Å²) < 4.78 is 2.23. The zero-order chi connectivity index (χ0) is 12.1. The fourth-order valence-corrected chi connectivity index (χ4v) is 2.89. The summed E-state index contributed by atoms with van der Waals surface area (Å²) in [6.45, 7) is 4.31. The van der Waals surface area contributed by atoms with E-state index in [0.29, 0.717) is 0 Å². The molecule has 4 rings (SSSR count). The smallest absolute Gasteiger partial charge is 0.162 e. The van der Waals surface area contributed by atoms with Crippen LogP contribution in [0.5, 0.6) is 0 Å². The van der Waals surface area contributed by atoms with Crippen LogP contribution in [0.15, 0.2) is 6.33 Å².